The summed E-state index contributed by atoms with van der Waals surface area (Å²) in [4.78, 5) is 12.7. The Balaban J connectivity index is 3.20. The van der Waals surface area contributed by atoms with Crippen molar-refractivity contribution >= 4 is 12.0 Å². The maximum Gasteiger partial charge on any atom is 0.153 e. The van der Waals surface area contributed by atoms with Crippen LogP contribution in [0.2, 0.25) is 0 Å². The second-order valence-corrected chi connectivity index (χ2v) is 3.14. The van der Waals surface area contributed by atoms with Crippen molar-refractivity contribution < 1.29 is 9.53 Å². The highest BCUT2D eigenvalue weighted by atomic mass is 16.5. The minimum atomic E-state index is 0.561. The van der Waals surface area contributed by atoms with Gasteiger partial charge in [0.1, 0.15) is 0 Å². The number of rotatable bonds is 4. The van der Waals surface area contributed by atoms with Crippen molar-refractivity contribution in [3.05, 3.63) is 23.8 Å². The zero-order valence-electron chi connectivity index (χ0n) is 8.78. The first-order valence-electron chi connectivity index (χ1n) is 4.59. The summed E-state index contributed by atoms with van der Waals surface area (Å²) in [7, 11) is 3.85. The zero-order valence-corrected chi connectivity index (χ0v) is 8.78. The standard InChI is InChI=1S/C11H15NO2/c1-4-14-11-9(8-13)6-5-7-10(11)12(2)3/h5-8H,4H2,1-3H3. The van der Waals surface area contributed by atoms with E-state index >= 15 is 0 Å². The highest BCUT2D eigenvalue weighted by Gasteiger charge is 2.09. The van der Waals surface area contributed by atoms with Crippen LogP contribution in [0.1, 0.15) is 17.3 Å². The molecule has 0 aliphatic rings. The molecule has 1 rings (SSSR count). The predicted molar refractivity (Wildman–Crippen MR) is 57.3 cm³/mol. The van der Waals surface area contributed by atoms with Gasteiger partial charge in [-0.25, -0.2) is 0 Å². The van der Waals surface area contributed by atoms with Gasteiger partial charge in [0, 0.05) is 14.1 Å². The molecule has 76 valence electrons. The summed E-state index contributed by atoms with van der Waals surface area (Å²) in [5.41, 5.74) is 1.52. The van der Waals surface area contributed by atoms with Gasteiger partial charge in [-0.2, -0.15) is 0 Å². The molecule has 0 aliphatic heterocycles. The van der Waals surface area contributed by atoms with E-state index in [0.29, 0.717) is 17.9 Å². The number of nitrogens with zero attached hydrogens (tertiary/aromatic N) is 1. The van der Waals surface area contributed by atoms with Crippen LogP contribution < -0.4 is 9.64 Å². The molecule has 0 saturated carbocycles. The van der Waals surface area contributed by atoms with Crippen molar-refractivity contribution in [1.82, 2.24) is 0 Å². The Bertz CT molecular complexity index is 321. The van der Waals surface area contributed by atoms with Crippen molar-refractivity contribution in [2.75, 3.05) is 25.6 Å². The minimum Gasteiger partial charge on any atom is -0.491 e. The quantitative estimate of drug-likeness (QED) is 0.685. The number of hydrogen-bond donors (Lipinski definition) is 0. The van der Waals surface area contributed by atoms with Gasteiger partial charge in [0.05, 0.1) is 17.9 Å². The van der Waals surface area contributed by atoms with E-state index in [0.717, 1.165) is 12.0 Å². The molecule has 0 N–H and O–H groups in total. The Morgan fingerprint density at radius 1 is 1.43 bits per heavy atom. The van der Waals surface area contributed by atoms with Crippen LogP contribution in [0.25, 0.3) is 0 Å². The summed E-state index contributed by atoms with van der Waals surface area (Å²) < 4.78 is 5.45. The van der Waals surface area contributed by atoms with Gasteiger partial charge in [-0.3, -0.25) is 4.79 Å². The molecule has 1 aromatic carbocycles. The molecule has 0 atom stereocenters. The van der Waals surface area contributed by atoms with Gasteiger partial charge < -0.3 is 9.64 Å². The molecular weight excluding hydrogens is 178 g/mol. The van der Waals surface area contributed by atoms with E-state index < -0.39 is 0 Å². The molecular formula is C11H15NO2. The van der Waals surface area contributed by atoms with E-state index in [1.807, 2.05) is 38.1 Å². The number of para-hydroxylation sites is 1. The number of aldehydes is 1. The fraction of sp³-hybridized carbons (Fsp3) is 0.364. The summed E-state index contributed by atoms with van der Waals surface area (Å²) >= 11 is 0. The molecule has 0 radical (unpaired) electrons. The Labute approximate surface area is 84.3 Å². The van der Waals surface area contributed by atoms with Gasteiger partial charge in [-0.15, -0.1) is 0 Å². The molecule has 0 fully saturated rings. The third-order valence-electron chi connectivity index (χ3n) is 1.92. The number of ether oxygens (including phenoxy) is 1. The van der Waals surface area contributed by atoms with Crippen LogP contribution in [-0.4, -0.2) is 27.0 Å². The van der Waals surface area contributed by atoms with Gasteiger partial charge in [-0.1, -0.05) is 6.07 Å². The van der Waals surface area contributed by atoms with E-state index in [9.17, 15) is 4.79 Å². The van der Waals surface area contributed by atoms with Crippen LogP contribution in [0.3, 0.4) is 0 Å². The third-order valence-corrected chi connectivity index (χ3v) is 1.92. The molecule has 0 amide bonds. The Morgan fingerprint density at radius 2 is 2.14 bits per heavy atom. The van der Waals surface area contributed by atoms with Gasteiger partial charge in [0.15, 0.2) is 12.0 Å². The zero-order chi connectivity index (χ0) is 10.6. The van der Waals surface area contributed by atoms with Crippen LogP contribution in [0.4, 0.5) is 5.69 Å². The van der Waals surface area contributed by atoms with Gasteiger partial charge in [-0.05, 0) is 19.1 Å². The molecule has 0 heterocycles. The second-order valence-electron chi connectivity index (χ2n) is 3.14. The third kappa shape index (κ3) is 2.05. The Kier molecular flexibility index (Phi) is 3.51. The SMILES string of the molecule is CCOc1c(C=O)cccc1N(C)C. The lowest BCUT2D eigenvalue weighted by atomic mass is 10.2. The number of carbonyl (C=O) groups is 1. The number of carbonyl (C=O) groups excluding carboxylic acids is 1. The molecule has 0 bridgehead atoms. The van der Waals surface area contributed by atoms with E-state index in [-0.39, 0.29) is 0 Å². The van der Waals surface area contributed by atoms with Crippen LogP contribution in [0.15, 0.2) is 18.2 Å². The monoisotopic (exact) mass is 193 g/mol. The maximum atomic E-state index is 10.8. The smallest absolute Gasteiger partial charge is 0.153 e. The van der Waals surface area contributed by atoms with Gasteiger partial charge >= 0.3 is 0 Å². The first-order valence-corrected chi connectivity index (χ1v) is 4.59. The average Bonchev–Trinajstić information content (AvgIpc) is 2.18. The van der Waals surface area contributed by atoms with E-state index in [1.54, 1.807) is 6.07 Å². The minimum absolute atomic E-state index is 0.561. The van der Waals surface area contributed by atoms with Crippen molar-refractivity contribution in [2.24, 2.45) is 0 Å². The van der Waals surface area contributed by atoms with Crippen LogP contribution in [-0.2, 0) is 0 Å². The Morgan fingerprint density at radius 3 is 2.64 bits per heavy atom. The van der Waals surface area contributed by atoms with Crippen LogP contribution >= 0.6 is 0 Å². The Hall–Kier alpha value is -1.51. The molecule has 0 aliphatic carbocycles. The second kappa shape index (κ2) is 4.65. The summed E-state index contributed by atoms with van der Waals surface area (Å²) in [6.45, 7) is 2.46. The number of anilines is 1. The fourth-order valence-electron chi connectivity index (χ4n) is 1.29. The molecule has 0 aromatic heterocycles. The average molecular weight is 193 g/mol. The van der Waals surface area contributed by atoms with Crippen molar-refractivity contribution in [3.8, 4) is 5.75 Å². The molecule has 0 spiro atoms. The molecule has 3 heteroatoms. The van der Waals surface area contributed by atoms with Crippen LogP contribution in [0, 0.1) is 0 Å². The first kappa shape index (κ1) is 10.6. The van der Waals surface area contributed by atoms with E-state index in [1.165, 1.54) is 0 Å². The first-order chi connectivity index (χ1) is 6.70. The highest BCUT2D eigenvalue weighted by molar-refractivity contribution is 5.83. The lowest BCUT2D eigenvalue weighted by Gasteiger charge is -2.18. The van der Waals surface area contributed by atoms with Crippen molar-refractivity contribution in [2.45, 2.75) is 6.92 Å². The lowest BCUT2D eigenvalue weighted by Crippen LogP contribution is -2.11. The molecule has 0 saturated heterocycles. The maximum absolute atomic E-state index is 10.8. The fourth-order valence-corrected chi connectivity index (χ4v) is 1.29. The summed E-state index contributed by atoms with van der Waals surface area (Å²) in [6, 6.07) is 5.53. The molecule has 1 aromatic rings. The number of benzene rings is 1. The van der Waals surface area contributed by atoms with Crippen molar-refractivity contribution in [1.29, 1.82) is 0 Å². The summed E-state index contributed by atoms with van der Waals surface area (Å²) in [5, 5.41) is 0. The van der Waals surface area contributed by atoms with Gasteiger partial charge in [0.2, 0.25) is 0 Å². The normalized spacial score (nSPS) is 9.64. The molecule has 14 heavy (non-hydrogen) atoms. The van der Waals surface area contributed by atoms with Crippen LogP contribution in [0.5, 0.6) is 5.75 Å². The van der Waals surface area contributed by atoms with Crippen molar-refractivity contribution in [3.63, 3.8) is 0 Å². The van der Waals surface area contributed by atoms with E-state index in [4.69, 9.17) is 4.74 Å². The summed E-state index contributed by atoms with van der Waals surface area (Å²) in [5.74, 6) is 0.662. The largest absolute Gasteiger partial charge is 0.491 e. The highest BCUT2D eigenvalue weighted by Crippen LogP contribution is 2.29. The topological polar surface area (TPSA) is 29.5 Å². The van der Waals surface area contributed by atoms with E-state index in [2.05, 4.69) is 0 Å². The summed E-state index contributed by atoms with van der Waals surface area (Å²) in [6.07, 6.45) is 0.817. The number of hydrogen-bond acceptors (Lipinski definition) is 3. The molecule has 0 unspecified atom stereocenters. The molecule has 3 nitrogen and oxygen atoms in total. The predicted octanol–water partition coefficient (Wildman–Crippen LogP) is 1.96. The lowest BCUT2D eigenvalue weighted by molar-refractivity contribution is 0.112. The van der Waals surface area contributed by atoms with Gasteiger partial charge in [0.25, 0.3) is 0 Å².